The maximum Gasteiger partial charge on any atom is 0.303 e. The lowest BCUT2D eigenvalue weighted by Crippen LogP contribution is -2.52. The summed E-state index contributed by atoms with van der Waals surface area (Å²) in [6.07, 6.45) is 1.37. The minimum Gasteiger partial charge on any atom is -0.481 e. The predicted octanol–water partition coefficient (Wildman–Crippen LogP) is 0.899. The van der Waals surface area contributed by atoms with E-state index >= 15 is 0 Å². The molecule has 0 saturated carbocycles. The summed E-state index contributed by atoms with van der Waals surface area (Å²) in [6, 6.07) is 7.55. The van der Waals surface area contributed by atoms with Gasteiger partial charge in [-0.05, 0) is 30.5 Å². The zero-order valence-electron chi connectivity index (χ0n) is 11.9. The van der Waals surface area contributed by atoms with E-state index in [1.165, 1.54) is 7.05 Å². The van der Waals surface area contributed by atoms with Crippen molar-refractivity contribution in [1.82, 2.24) is 4.90 Å². The summed E-state index contributed by atoms with van der Waals surface area (Å²) in [5, 5.41) is 8.65. The van der Waals surface area contributed by atoms with E-state index in [-0.39, 0.29) is 31.3 Å². The van der Waals surface area contributed by atoms with E-state index in [2.05, 4.69) is 0 Å². The topological polar surface area (TPSA) is 77.9 Å². The van der Waals surface area contributed by atoms with E-state index in [1.807, 2.05) is 24.3 Å². The number of carboxylic acids is 1. The molecule has 2 amide bonds. The third kappa shape index (κ3) is 3.81. The van der Waals surface area contributed by atoms with Crippen molar-refractivity contribution in [3.63, 3.8) is 0 Å². The standard InChI is InChI=1S/C15H18N2O4/c1-16-13(18)9-17(10-14(16)19)12-6-2-4-11(8-12)5-3-7-15(20)21/h2,4,6,8H,3,5,7,9-10H2,1H3,(H,20,21). The van der Waals surface area contributed by atoms with Crippen LogP contribution in [0.4, 0.5) is 5.69 Å². The van der Waals surface area contributed by atoms with E-state index in [0.717, 1.165) is 16.2 Å². The molecule has 1 aromatic carbocycles. The van der Waals surface area contributed by atoms with Gasteiger partial charge in [-0.3, -0.25) is 19.3 Å². The van der Waals surface area contributed by atoms with Gasteiger partial charge in [0.2, 0.25) is 11.8 Å². The highest BCUT2D eigenvalue weighted by Crippen LogP contribution is 2.19. The molecule has 0 unspecified atom stereocenters. The molecule has 0 bridgehead atoms. The van der Waals surface area contributed by atoms with Crippen LogP contribution >= 0.6 is 0 Å². The molecule has 1 aliphatic rings. The third-order valence-corrected chi connectivity index (χ3v) is 3.53. The number of rotatable bonds is 5. The molecule has 0 spiro atoms. The van der Waals surface area contributed by atoms with Crippen LogP contribution in [0, 0.1) is 0 Å². The fourth-order valence-electron chi connectivity index (χ4n) is 2.27. The summed E-state index contributed by atoms with van der Waals surface area (Å²) >= 11 is 0. The maximum atomic E-state index is 11.7. The van der Waals surface area contributed by atoms with Crippen molar-refractivity contribution in [2.24, 2.45) is 0 Å². The number of hydrogen-bond acceptors (Lipinski definition) is 4. The highest BCUT2D eigenvalue weighted by Gasteiger charge is 2.28. The molecule has 112 valence electrons. The Balaban J connectivity index is 2.05. The van der Waals surface area contributed by atoms with Crippen molar-refractivity contribution in [2.45, 2.75) is 19.3 Å². The van der Waals surface area contributed by atoms with Gasteiger partial charge in [-0.25, -0.2) is 0 Å². The first-order chi connectivity index (χ1) is 9.97. The number of carboxylic acid groups (broad SMARTS) is 1. The first kappa shape index (κ1) is 15.0. The Kier molecular flexibility index (Phi) is 4.57. The Morgan fingerprint density at radius 2 is 1.90 bits per heavy atom. The van der Waals surface area contributed by atoms with Crippen molar-refractivity contribution in [3.8, 4) is 0 Å². The van der Waals surface area contributed by atoms with E-state index < -0.39 is 5.97 Å². The van der Waals surface area contributed by atoms with Crippen LogP contribution in [0.15, 0.2) is 24.3 Å². The van der Waals surface area contributed by atoms with Gasteiger partial charge >= 0.3 is 5.97 Å². The van der Waals surface area contributed by atoms with Gasteiger partial charge in [-0.1, -0.05) is 12.1 Å². The number of hydrogen-bond donors (Lipinski definition) is 1. The molecule has 1 N–H and O–H groups in total. The van der Waals surface area contributed by atoms with E-state index in [4.69, 9.17) is 5.11 Å². The summed E-state index contributed by atoms with van der Waals surface area (Å²) < 4.78 is 0. The first-order valence-electron chi connectivity index (χ1n) is 6.82. The van der Waals surface area contributed by atoms with E-state index in [0.29, 0.717) is 12.8 Å². The fraction of sp³-hybridized carbons (Fsp3) is 0.400. The molecule has 21 heavy (non-hydrogen) atoms. The van der Waals surface area contributed by atoms with Gasteiger partial charge in [-0.15, -0.1) is 0 Å². The van der Waals surface area contributed by atoms with Gasteiger partial charge in [0, 0.05) is 19.2 Å². The molecule has 0 aliphatic carbocycles. The summed E-state index contributed by atoms with van der Waals surface area (Å²) in [5.74, 6) is -1.24. The monoisotopic (exact) mass is 290 g/mol. The maximum absolute atomic E-state index is 11.7. The smallest absolute Gasteiger partial charge is 0.303 e. The molecule has 6 heteroatoms. The average molecular weight is 290 g/mol. The van der Waals surface area contributed by atoms with Gasteiger partial charge in [0.25, 0.3) is 0 Å². The number of imide groups is 1. The summed E-state index contributed by atoms with van der Waals surface area (Å²) in [5.41, 5.74) is 1.82. The summed E-state index contributed by atoms with van der Waals surface area (Å²) in [7, 11) is 1.49. The van der Waals surface area contributed by atoms with Crippen molar-refractivity contribution in [3.05, 3.63) is 29.8 Å². The summed E-state index contributed by atoms with van der Waals surface area (Å²) in [6.45, 7) is 0.363. The molecule has 0 atom stereocenters. The Labute approximate surface area is 123 Å². The van der Waals surface area contributed by atoms with Crippen LogP contribution in [0.3, 0.4) is 0 Å². The minimum atomic E-state index is -0.804. The van der Waals surface area contributed by atoms with Gasteiger partial charge in [0.15, 0.2) is 0 Å². The Morgan fingerprint density at radius 3 is 2.52 bits per heavy atom. The minimum absolute atomic E-state index is 0.135. The van der Waals surface area contributed by atoms with Crippen molar-refractivity contribution in [2.75, 3.05) is 25.0 Å². The number of aliphatic carboxylic acids is 1. The largest absolute Gasteiger partial charge is 0.481 e. The fourth-order valence-corrected chi connectivity index (χ4v) is 2.27. The van der Waals surface area contributed by atoms with Gasteiger partial charge in [0.1, 0.15) is 0 Å². The quantitative estimate of drug-likeness (QED) is 0.815. The number of carbonyl (C=O) groups excluding carboxylic acids is 2. The van der Waals surface area contributed by atoms with Crippen molar-refractivity contribution in [1.29, 1.82) is 0 Å². The number of amides is 2. The summed E-state index contributed by atoms with van der Waals surface area (Å²) in [4.78, 5) is 36.8. The second kappa shape index (κ2) is 6.39. The molecule has 1 aromatic rings. The number of aryl methyl sites for hydroxylation is 1. The lowest BCUT2D eigenvalue weighted by Gasteiger charge is -2.32. The number of likely N-dealkylation sites (N-methyl/N-ethyl adjacent to an activating group) is 1. The van der Waals surface area contributed by atoms with Crippen LogP contribution in [0.2, 0.25) is 0 Å². The lowest BCUT2D eigenvalue weighted by molar-refractivity contribution is -0.143. The third-order valence-electron chi connectivity index (χ3n) is 3.53. The SMILES string of the molecule is CN1C(=O)CN(c2cccc(CCCC(=O)O)c2)CC1=O. The van der Waals surface area contributed by atoms with Crippen LogP contribution < -0.4 is 4.90 Å². The van der Waals surface area contributed by atoms with Gasteiger partial charge in [-0.2, -0.15) is 0 Å². The molecule has 2 rings (SSSR count). The van der Waals surface area contributed by atoms with Crippen LogP contribution in [-0.4, -0.2) is 47.9 Å². The molecule has 0 aromatic heterocycles. The Bertz CT molecular complexity index is 553. The number of carbonyl (C=O) groups is 3. The Hall–Kier alpha value is -2.37. The van der Waals surface area contributed by atoms with Gasteiger partial charge in [0.05, 0.1) is 13.1 Å². The van der Waals surface area contributed by atoms with E-state index in [1.54, 1.807) is 4.90 Å². The molecular formula is C15H18N2O4. The molecule has 0 radical (unpaired) electrons. The van der Waals surface area contributed by atoms with Crippen molar-refractivity contribution >= 4 is 23.5 Å². The second-order valence-electron chi connectivity index (χ2n) is 5.12. The van der Waals surface area contributed by atoms with Crippen LogP contribution in [0.25, 0.3) is 0 Å². The molecule has 1 saturated heterocycles. The van der Waals surface area contributed by atoms with Crippen LogP contribution in [0.5, 0.6) is 0 Å². The number of anilines is 1. The first-order valence-corrected chi connectivity index (χ1v) is 6.82. The zero-order chi connectivity index (χ0) is 15.4. The van der Waals surface area contributed by atoms with Gasteiger partial charge < -0.3 is 10.0 Å². The molecule has 1 heterocycles. The second-order valence-corrected chi connectivity index (χ2v) is 5.12. The average Bonchev–Trinajstić information content (AvgIpc) is 2.44. The molecule has 6 nitrogen and oxygen atoms in total. The highest BCUT2D eigenvalue weighted by molar-refractivity contribution is 6.02. The zero-order valence-corrected chi connectivity index (χ0v) is 11.9. The normalized spacial score (nSPS) is 15.5. The molecule has 1 aliphatic heterocycles. The molecular weight excluding hydrogens is 272 g/mol. The molecule has 1 fully saturated rings. The van der Waals surface area contributed by atoms with Crippen LogP contribution in [0.1, 0.15) is 18.4 Å². The van der Waals surface area contributed by atoms with E-state index in [9.17, 15) is 14.4 Å². The number of nitrogens with zero attached hydrogens (tertiary/aromatic N) is 2. The lowest BCUT2D eigenvalue weighted by atomic mass is 10.1. The van der Waals surface area contributed by atoms with Crippen molar-refractivity contribution < 1.29 is 19.5 Å². The predicted molar refractivity (Wildman–Crippen MR) is 77.0 cm³/mol. The number of piperazine rings is 1. The number of benzene rings is 1. The van der Waals surface area contributed by atoms with Crippen LogP contribution in [-0.2, 0) is 20.8 Å². The highest BCUT2D eigenvalue weighted by atomic mass is 16.4. The Morgan fingerprint density at radius 1 is 1.24 bits per heavy atom.